The number of carbonyl (C=O) groups is 1. The van der Waals surface area contributed by atoms with Gasteiger partial charge in [-0.15, -0.1) is 0 Å². The van der Waals surface area contributed by atoms with E-state index in [1.54, 1.807) is 12.1 Å². The summed E-state index contributed by atoms with van der Waals surface area (Å²) in [5.74, 6) is -0.941. The van der Waals surface area contributed by atoms with Gasteiger partial charge in [0.25, 0.3) is 0 Å². The van der Waals surface area contributed by atoms with Gasteiger partial charge < -0.3 is 9.84 Å². The van der Waals surface area contributed by atoms with Crippen molar-refractivity contribution in [2.45, 2.75) is 64.4 Å². The summed E-state index contributed by atoms with van der Waals surface area (Å²) in [7, 11) is 0. The van der Waals surface area contributed by atoms with Crippen LogP contribution in [0, 0.1) is 0 Å². The Morgan fingerprint density at radius 1 is 0.806 bits per heavy atom. The highest BCUT2D eigenvalue weighted by Crippen LogP contribution is 2.18. The zero-order valence-electron chi connectivity index (χ0n) is 18.9. The number of hydrogen-bond acceptors (Lipinski definition) is 2. The van der Waals surface area contributed by atoms with Crippen LogP contribution in [0.25, 0.3) is 0 Å². The van der Waals surface area contributed by atoms with Crippen molar-refractivity contribution in [1.29, 1.82) is 0 Å². The third-order valence-electron chi connectivity index (χ3n) is 4.53. The number of carboxylic acids is 1. The fraction of sp³-hybridized carbons (Fsp3) is 0.393. The van der Waals surface area contributed by atoms with E-state index in [4.69, 9.17) is 4.74 Å². The van der Waals surface area contributed by atoms with Gasteiger partial charge in [-0.2, -0.15) is 0 Å². The van der Waals surface area contributed by atoms with Crippen molar-refractivity contribution in [2.75, 3.05) is 6.61 Å². The molecule has 3 heteroatoms. The third kappa shape index (κ3) is 14.9. The molecule has 1 aromatic rings. The van der Waals surface area contributed by atoms with Crippen LogP contribution in [-0.2, 0) is 9.53 Å². The van der Waals surface area contributed by atoms with Gasteiger partial charge in [0.1, 0.15) is 0 Å². The van der Waals surface area contributed by atoms with E-state index in [1.807, 2.05) is 18.2 Å². The maximum Gasteiger partial charge on any atom is 0.337 e. The number of benzene rings is 1. The Balaban J connectivity index is 2.03. The first-order chi connectivity index (χ1) is 15.3. The van der Waals surface area contributed by atoms with Crippen molar-refractivity contribution >= 4 is 5.97 Å². The first-order valence-electron chi connectivity index (χ1n) is 11.4. The molecule has 1 N–H and O–H groups in total. The van der Waals surface area contributed by atoms with Crippen LogP contribution in [0.3, 0.4) is 0 Å². The Morgan fingerprint density at radius 3 is 1.84 bits per heavy atom. The van der Waals surface area contributed by atoms with Crippen LogP contribution in [0.15, 0.2) is 91.1 Å². The van der Waals surface area contributed by atoms with Crippen molar-refractivity contribution in [2.24, 2.45) is 0 Å². The lowest BCUT2D eigenvalue weighted by atomic mass is 10.1. The highest BCUT2D eigenvalue weighted by atomic mass is 16.5. The van der Waals surface area contributed by atoms with Gasteiger partial charge in [0.2, 0.25) is 0 Å². The predicted octanol–water partition coefficient (Wildman–Crippen LogP) is 7.75. The van der Waals surface area contributed by atoms with Crippen LogP contribution >= 0.6 is 0 Å². The average Bonchev–Trinajstić information content (AvgIpc) is 2.78. The molecular weight excluding hydrogens is 384 g/mol. The van der Waals surface area contributed by atoms with Gasteiger partial charge in [-0.25, -0.2) is 4.79 Å². The average molecular weight is 423 g/mol. The second-order valence-electron chi connectivity index (χ2n) is 7.20. The van der Waals surface area contributed by atoms with Gasteiger partial charge in [0.15, 0.2) is 6.10 Å². The first kappa shape index (κ1) is 26.4. The van der Waals surface area contributed by atoms with E-state index in [-0.39, 0.29) is 0 Å². The Morgan fingerprint density at radius 2 is 1.32 bits per heavy atom. The molecular formula is C28H38O3. The van der Waals surface area contributed by atoms with Crippen molar-refractivity contribution in [3.05, 3.63) is 96.7 Å². The summed E-state index contributed by atoms with van der Waals surface area (Å²) in [5, 5.41) is 9.33. The van der Waals surface area contributed by atoms with E-state index in [0.29, 0.717) is 12.2 Å². The largest absolute Gasteiger partial charge is 0.479 e. The molecule has 0 radical (unpaired) electrons. The molecule has 0 aliphatic rings. The van der Waals surface area contributed by atoms with Crippen LogP contribution in [0.4, 0.5) is 0 Å². The summed E-state index contributed by atoms with van der Waals surface area (Å²) in [5.41, 5.74) is 0.688. The second kappa shape index (κ2) is 19.3. The number of allylic oxidation sites excluding steroid dienone is 10. The fourth-order valence-electron chi connectivity index (χ4n) is 2.87. The van der Waals surface area contributed by atoms with E-state index >= 15 is 0 Å². The van der Waals surface area contributed by atoms with Gasteiger partial charge in [-0.1, -0.05) is 98.0 Å². The van der Waals surface area contributed by atoms with Crippen LogP contribution in [-0.4, -0.2) is 17.7 Å². The zero-order valence-corrected chi connectivity index (χ0v) is 18.9. The molecule has 31 heavy (non-hydrogen) atoms. The molecule has 1 atom stereocenters. The van der Waals surface area contributed by atoms with E-state index < -0.39 is 12.1 Å². The summed E-state index contributed by atoms with van der Waals surface area (Å²) >= 11 is 0. The first-order valence-corrected chi connectivity index (χ1v) is 11.4. The molecule has 0 aliphatic carbocycles. The Kier molecular flexibility index (Phi) is 16.4. The van der Waals surface area contributed by atoms with E-state index in [1.165, 1.54) is 0 Å². The number of rotatable bonds is 17. The number of hydrogen-bond donors (Lipinski definition) is 1. The Hall–Kier alpha value is -2.65. The predicted molar refractivity (Wildman–Crippen MR) is 131 cm³/mol. The monoisotopic (exact) mass is 422 g/mol. The summed E-state index contributed by atoms with van der Waals surface area (Å²) in [4.78, 5) is 11.4. The van der Waals surface area contributed by atoms with Gasteiger partial charge >= 0.3 is 5.97 Å². The van der Waals surface area contributed by atoms with Crippen LogP contribution in [0.2, 0.25) is 0 Å². The molecule has 168 valence electrons. The van der Waals surface area contributed by atoms with Crippen molar-refractivity contribution in [1.82, 2.24) is 0 Å². The molecule has 1 rings (SSSR count). The van der Waals surface area contributed by atoms with E-state index in [9.17, 15) is 9.90 Å². The molecule has 0 saturated heterocycles. The lowest BCUT2D eigenvalue weighted by molar-refractivity contribution is -0.151. The SMILES string of the molecule is CCC=CCC=CCC=CCC=CCC=CCCCCOC(C(=O)O)c1ccccc1. The van der Waals surface area contributed by atoms with Gasteiger partial charge in [0, 0.05) is 6.61 Å². The summed E-state index contributed by atoms with van der Waals surface area (Å²) in [6.07, 6.45) is 28.9. The molecule has 0 heterocycles. The third-order valence-corrected chi connectivity index (χ3v) is 4.53. The minimum atomic E-state index is -0.941. The molecule has 1 aromatic carbocycles. The lowest BCUT2D eigenvalue weighted by Gasteiger charge is -2.13. The molecule has 0 spiro atoms. The van der Waals surface area contributed by atoms with Crippen molar-refractivity contribution in [3.8, 4) is 0 Å². The molecule has 0 bridgehead atoms. The van der Waals surface area contributed by atoms with Gasteiger partial charge in [0.05, 0.1) is 0 Å². The summed E-state index contributed by atoms with van der Waals surface area (Å²) in [6.45, 7) is 2.60. The molecule has 0 aliphatic heterocycles. The maximum atomic E-state index is 11.4. The number of unbranched alkanes of at least 4 members (excludes halogenated alkanes) is 2. The minimum Gasteiger partial charge on any atom is -0.479 e. The minimum absolute atomic E-state index is 0.455. The standard InChI is InChI=1S/C28H38O3/c1-2-3-4-5-6-7-8-9-10-11-12-13-14-15-16-17-18-22-25-31-27(28(29)30)26-23-20-19-21-24-26/h3-4,6-7,9-10,12-13,15-16,19-21,23-24,27H,2,5,8,11,14,17-18,22,25H2,1H3,(H,29,30). The van der Waals surface area contributed by atoms with Crippen LogP contribution in [0.5, 0.6) is 0 Å². The molecule has 1 unspecified atom stereocenters. The molecule has 0 aromatic heterocycles. The fourth-order valence-corrected chi connectivity index (χ4v) is 2.87. The lowest BCUT2D eigenvalue weighted by Crippen LogP contribution is -2.15. The summed E-state index contributed by atoms with van der Waals surface area (Å²) in [6, 6.07) is 9.10. The smallest absolute Gasteiger partial charge is 0.337 e. The zero-order chi connectivity index (χ0) is 22.4. The molecule has 0 fully saturated rings. The van der Waals surface area contributed by atoms with E-state index in [2.05, 4.69) is 67.7 Å². The van der Waals surface area contributed by atoms with Gasteiger partial charge in [-0.05, 0) is 56.9 Å². The number of aliphatic carboxylic acids is 1. The Labute approximate surface area is 188 Å². The highest BCUT2D eigenvalue weighted by molar-refractivity contribution is 5.74. The van der Waals surface area contributed by atoms with E-state index in [0.717, 1.165) is 51.4 Å². The maximum absolute atomic E-state index is 11.4. The second-order valence-corrected chi connectivity index (χ2v) is 7.20. The summed E-state index contributed by atoms with van der Waals surface area (Å²) < 4.78 is 5.57. The molecule has 0 amide bonds. The van der Waals surface area contributed by atoms with Crippen molar-refractivity contribution in [3.63, 3.8) is 0 Å². The highest BCUT2D eigenvalue weighted by Gasteiger charge is 2.19. The number of ether oxygens (including phenoxy) is 1. The normalized spacial score (nSPS) is 13.5. The van der Waals surface area contributed by atoms with Gasteiger partial charge in [-0.3, -0.25) is 0 Å². The quantitative estimate of drug-likeness (QED) is 0.206. The molecule has 3 nitrogen and oxygen atoms in total. The van der Waals surface area contributed by atoms with Crippen molar-refractivity contribution < 1.29 is 14.6 Å². The van der Waals surface area contributed by atoms with Crippen LogP contribution in [0.1, 0.15) is 70.0 Å². The van der Waals surface area contributed by atoms with Crippen LogP contribution < -0.4 is 0 Å². The topological polar surface area (TPSA) is 46.5 Å². The molecule has 0 saturated carbocycles. The number of carboxylic acid groups (broad SMARTS) is 1. The Bertz CT molecular complexity index is 711.